The number of rotatable bonds is 6. The molecule has 1 fully saturated rings. The molecule has 7 heteroatoms. The summed E-state index contributed by atoms with van der Waals surface area (Å²) in [6, 6.07) is 8.01. The molecule has 0 saturated heterocycles. The summed E-state index contributed by atoms with van der Waals surface area (Å²) >= 11 is 1.44. The van der Waals surface area contributed by atoms with Crippen LogP contribution in [0, 0.1) is 5.92 Å². The third-order valence-corrected chi connectivity index (χ3v) is 6.41. The van der Waals surface area contributed by atoms with Crippen LogP contribution >= 0.6 is 11.8 Å². The van der Waals surface area contributed by atoms with Gasteiger partial charge in [-0.15, -0.1) is 10.2 Å². The number of nitrogens with zero attached hydrogens (tertiary/aromatic N) is 3. The van der Waals surface area contributed by atoms with Crippen LogP contribution in [0.1, 0.15) is 39.5 Å². The maximum atomic E-state index is 12.6. The van der Waals surface area contributed by atoms with Gasteiger partial charge in [-0.1, -0.05) is 31.5 Å². The van der Waals surface area contributed by atoms with Gasteiger partial charge >= 0.3 is 0 Å². The first-order chi connectivity index (χ1) is 13.0. The normalized spacial score (nSPS) is 20.9. The molecule has 0 aliphatic heterocycles. The van der Waals surface area contributed by atoms with Crippen molar-refractivity contribution in [3.05, 3.63) is 24.3 Å². The van der Waals surface area contributed by atoms with Crippen LogP contribution in [0.3, 0.4) is 0 Å². The monoisotopic (exact) mass is 388 g/mol. The van der Waals surface area contributed by atoms with E-state index in [1.54, 1.807) is 7.11 Å². The zero-order valence-electron chi connectivity index (χ0n) is 16.4. The number of ether oxygens (including phenoxy) is 1. The number of carbonyl (C=O) groups is 1. The molecular weight excluding hydrogens is 360 g/mol. The molecule has 3 rings (SSSR count). The zero-order chi connectivity index (χ0) is 19.4. The van der Waals surface area contributed by atoms with Crippen molar-refractivity contribution in [3.8, 4) is 17.1 Å². The van der Waals surface area contributed by atoms with E-state index in [1.165, 1.54) is 31.0 Å². The predicted octanol–water partition coefficient (Wildman–Crippen LogP) is 3.67. The van der Waals surface area contributed by atoms with Gasteiger partial charge in [0, 0.05) is 18.7 Å². The minimum Gasteiger partial charge on any atom is -0.497 e. The molecule has 1 aliphatic carbocycles. The molecular formula is C20H28N4O2S. The van der Waals surface area contributed by atoms with Gasteiger partial charge in [0.05, 0.1) is 12.4 Å². The average Bonchev–Trinajstić information content (AvgIpc) is 3.04. The van der Waals surface area contributed by atoms with Gasteiger partial charge in [-0.2, -0.15) is 0 Å². The number of amides is 1. The molecule has 27 heavy (non-hydrogen) atoms. The first-order valence-corrected chi connectivity index (χ1v) is 10.4. The molecule has 1 aromatic carbocycles. The maximum absolute atomic E-state index is 12.6. The minimum atomic E-state index is -0.217. The number of nitrogens with one attached hydrogen (secondary N) is 1. The number of aromatic nitrogens is 3. The van der Waals surface area contributed by atoms with Crippen LogP contribution < -0.4 is 10.1 Å². The van der Waals surface area contributed by atoms with Crippen LogP contribution in [0.5, 0.6) is 5.75 Å². The Kier molecular flexibility index (Phi) is 6.42. The minimum absolute atomic E-state index is 0.0766. The second-order valence-electron chi connectivity index (χ2n) is 7.23. The van der Waals surface area contributed by atoms with Crippen LogP contribution in [0.4, 0.5) is 0 Å². The van der Waals surface area contributed by atoms with Gasteiger partial charge in [-0.25, -0.2) is 0 Å². The molecule has 1 amide bonds. The Morgan fingerprint density at radius 1 is 1.26 bits per heavy atom. The molecule has 0 spiro atoms. The Morgan fingerprint density at radius 3 is 2.63 bits per heavy atom. The fourth-order valence-electron chi connectivity index (χ4n) is 3.45. The Balaban J connectivity index is 1.64. The summed E-state index contributed by atoms with van der Waals surface area (Å²) in [5.41, 5.74) is 0.964. The van der Waals surface area contributed by atoms with Crippen molar-refractivity contribution in [2.45, 2.75) is 56.0 Å². The summed E-state index contributed by atoms with van der Waals surface area (Å²) in [5.74, 6) is 2.20. The second kappa shape index (κ2) is 8.78. The Bertz CT molecular complexity index is 775. The SMILES string of the molecule is COc1ccc(-c2nnc(S[C@H](C)C(=O)N[C@H]3CCCC[C@@H]3C)n2C)cc1. The molecule has 0 bridgehead atoms. The van der Waals surface area contributed by atoms with Gasteiger partial charge in [-0.3, -0.25) is 4.79 Å². The summed E-state index contributed by atoms with van der Waals surface area (Å²) in [6.07, 6.45) is 4.74. The molecule has 6 nitrogen and oxygen atoms in total. The maximum Gasteiger partial charge on any atom is 0.233 e. The van der Waals surface area contributed by atoms with E-state index in [0.717, 1.165) is 28.7 Å². The van der Waals surface area contributed by atoms with Crippen molar-refractivity contribution in [3.63, 3.8) is 0 Å². The largest absolute Gasteiger partial charge is 0.497 e. The van der Waals surface area contributed by atoms with Crippen molar-refractivity contribution in [2.75, 3.05) is 7.11 Å². The van der Waals surface area contributed by atoms with E-state index in [4.69, 9.17) is 4.74 Å². The smallest absolute Gasteiger partial charge is 0.233 e. The number of hydrogen-bond acceptors (Lipinski definition) is 5. The standard InChI is InChI=1S/C20H28N4O2S/c1-13-7-5-6-8-17(13)21-19(25)14(2)27-20-23-22-18(24(20)3)15-9-11-16(26-4)12-10-15/h9-14,17H,5-8H2,1-4H3,(H,21,25)/t13-,14+,17-/m0/s1. The third-order valence-electron chi connectivity index (χ3n) is 5.27. The van der Waals surface area contributed by atoms with Crippen LogP contribution in [-0.4, -0.2) is 39.1 Å². The summed E-state index contributed by atoms with van der Waals surface area (Å²) in [5, 5.41) is 12.3. The summed E-state index contributed by atoms with van der Waals surface area (Å²) in [4.78, 5) is 12.6. The molecule has 0 unspecified atom stereocenters. The third kappa shape index (κ3) is 4.64. The van der Waals surface area contributed by atoms with Gasteiger partial charge in [0.1, 0.15) is 5.75 Å². The van der Waals surface area contributed by atoms with E-state index >= 15 is 0 Å². The first-order valence-electron chi connectivity index (χ1n) is 9.50. The molecule has 3 atom stereocenters. The highest BCUT2D eigenvalue weighted by atomic mass is 32.2. The van der Waals surface area contributed by atoms with E-state index in [1.807, 2.05) is 42.8 Å². The van der Waals surface area contributed by atoms with Gasteiger partial charge in [0.2, 0.25) is 5.91 Å². The molecule has 1 saturated carbocycles. The lowest BCUT2D eigenvalue weighted by atomic mass is 9.86. The fraction of sp³-hybridized carbons (Fsp3) is 0.550. The van der Waals surface area contributed by atoms with Crippen molar-refractivity contribution in [2.24, 2.45) is 13.0 Å². The van der Waals surface area contributed by atoms with Gasteiger partial charge < -0.3 is 14.6 Å². The fourth-order valence-corrected chi connectivity index (χ4v) is 4.28. The summed E-state index contributed by atoms with van der Waals surface area (Å²) < 4.78 is 7.13. The lowest BCUT2D eigenvalue weighted by molar-refractivity contribution is -0.121. The lowest BCUT2D eigenvalue weighted by Gasteiger charge is -2.30. The number of carbonyl (C=O) groups excluding carboxylic acids is 1. The van der Waals surface area contributed by atoms with E-state index in [0.29, 0.717) is 12.0 Å². The highest BCUT2D eigenvalue weighted by molar-refractivity contribution is 8.00. The number of methoxy groups -OCH3 is 1. The van der Waals surface area contributed by atoms with Crippen molar-refractivity contribution < 1.29 is 9.53 Å². The lowest BCUT2D eigenvalue weighted by Crippen LogP contribution is -2.44. The van der Waals surface area contributed by atoms with Gasteiger partial charge in [-0.05, 0) is 49.9 Å². The Morgan fingerprint density at radius 2 is 1.96 bits per heavy atom. The first kappa shape index (κ1) is 19.7. The van der Waals surface area contributed by atoms with Gasteiger partial charge in [0.25, 0.3) is 0 Å². The molecule has 1 aromatic heterocycles. The average molecular weight is 389 g/mol. The molecule has 1 N–H and O–H groups in total. The van der Waals surface area contributed by atoms with Crippen molar-refractivity contribution >= 4 is 17.7 Å². The Labute approximate surface area is 165 Å². The van der Waals surface area contributed by atoms with E-state index in [2.05, 4.69) is 22.4 Å². The van der Waals surface area contributed by atoms with E-state index < -0.39 is 0 Å². The molecule has 1 heterocycles. The summed E-state index contributed by atoms with van der Waals surface area (Å²) in [7, 11) is 3.57. The van der Waals surface area contributed by atoms with E-state index in [9.17, 15) is 4.79 Å². The van der Waals surface area contributed by atoms with Gasteiger partial charge in [0.15, 0.2) is 11.0 Å². The van der Waals surface area contributed by atoms with Crippen molar-refractivity contribution in [1.29, 1.82) is 0 Å². The number of benzene rings is 1. The topological polar surface area (TPSA) is 69.0 Å². The quantitative estimate of drug-likeness (QED) is 0.765. The van der Waals surface area contributed by atoms with Crippen LogP contribution in [0.25, 0.3) is 11.4 Å². The van der Waals surface area contributed by atoms with Crippen molar-refractivity contribution in [1.82, 2.24) is 20.1 Å². The second-order valence-corrected chi connectivity index (χ2v) is 8.54. The molecule has 0 radical (unpaired) electrons. The van der Waals surface area contributed by atoms with E-state index in [-0.39, 0.29) is 11.2 Å². The molecule has 1 aliphatic rings. The molecule has 146 valence electrons. The highest BCUT2D eigenvalue weighted by Crippen LogP contribution is 2.28. The van der Waals surface area contributed by atoms with Crippen LogP contribution in [-0.2, 0) is 11.8 Å². The zero-order valence-corrected chi connectivity index (χ0v) is 17.3. The predicted molar refractivity (Wildman–Crippen MR) is 108 cm³/mol. The molecule has 2 aromatic rings. The highest BCUT2D eigenvalue weighted by Gasteiger charge is 2.26. The summed E-state index contributed by atoms with van der Waals surface area (Å²) in [6.45, 7) is 4.15. The number of thioether (sulfide) groups is 1. The van der Waals surface area contributed by atoms with Crippen LogP contribution in [0.15, 0.2) is 29.4 Å². The van der Waals surface area contributed by atoms with Crippen LogP contribution in [0.2, 0.25) is 0 Å². The Hall–Kier alpha value is -2.02. The number of hydrogen-bond donors (Lipinski definition) is 1.